The lowest BCUT2D eigenvalue weighted by Crippen LogP contribution is -2.35. The minimum absolute atomic E-state index is 0. The van der Waals surface area contributed by atoms with Crippen molar-refractivity contribution in [1.29, 1.82) is 0 Å². The van der Waals surface area contributed by atoms with Crippen LogP contribution in [0.5, 0.6) is 0 Å². The molecule has 1 atom stereocenters. The van der Waals surface area contributed by atoms with Crippen LogP contribution in [-0.4, -0.2) is 12.6 Å². The molecule has 15 heavy (non-hydrogen) atoms. The van der Waals surface area contributed by atoms with Crippen molar-refractivity contribution in [2.75, 3.05) is 6.54 Å². The van der Waals surface area contributed by atoms with Crippen LogP contribution < -0.4 is 5.32 Å². The average molecular weight is 230 g/mol. The first-order valence-electron chi connectivity index (χ1n) is 5.32. The summed E-state index contributed by atoms with van der Waals surface area (Å²) in [6.45, 7) is 1.13. The Morgan fingerprint density at radius 3 is 2.53 bits per heavy atom. The Hall–Kier alpha value is -0.600. The summed E-state index contributed by atoms with van der Waals surface area (Å²) in [6.07, 6.45) is 4.89. The molecule has 1 aliphatic heterocycles. The van der Waals surface area contributed by atoms with Crippen molar-refractivity contribution >= 4 is 12.4 Å². The van der Waals surface area contributed by atoms with Gasteiger partial charge in [0.25, 0.3) is 0 Å². The summed E-state index contributed by atoms with van der Waals surface area (Å²) in [5.74, 6) is -0.148. The van der Waals surface area contributed by atoms with E-state index >= 15 is 0 Å². The normalized spacial score (nSPS) is 20.7. The molecule has 0 radical (unpaired) electrons. The second-order valence-electron chi connectivity index (χ2n) is 3.98. The third-order valence-corrected chi connectivity index (χ3v) is 2.81. The fourth-order valence-electron chi connectivity index (χ4n) is 2.00. The van der Waals surface area contributed by atoms with E-state index in [-0.39, 0.29) is 18.2 Å². The molecule has 0 bridgehead atoms. The van der Waals surface area contributed by atoms with Gasteiger partial charge in [-0.3, -0.25) is 0 Å². The van der Waals surface area contributed by atoms with Gasteiger partial charge in [-0.25, -0.2) is 4.39 Å². The van der Waals surface area contributed by atoms with Crippen molar-refractivity contribution in [1.82, 2.24) is 5.32 Å². The van der Waals surface area contributed by atoms with Gasteiger partial charge in [-0.2, -0.15) is 0 Å². The number of rotatable bonds is 2. The highest BCUT2D eigenvalue weighted by atomic mass is 35.5. The smallest absolute Gasteiger partial charge is 0.123 e. The molecular weight excluding hydrogens is 213 g/mol. The van der Waals surface area contributed by atoms with Crippen LogP contribution in [0.15, 0.2) is 24.3 Å². The van der Waals surface area contributed by atoms with Crippen molar-refractivity contribution in [3.63, 3.8) is 0 Å². The molecule has 1 aromatic carbocycles. The molecule has 0 aromatic heterocycles. The summed E-state index contributed by atoms with van der Waals surface area (Å²) >= 11 is 0. The first kappa shape index (κ1) is 12.5. The largest absolute Gasteiger partial charge is 0.314 e. The number of nitrogens with one attached hydrogen (secondary N) is 1. The van der Waals surface area contributed by atoms with Crippen molar-refractivity contribution in [2.45, 2.75) is 31.7 Å². The zero-order chi connectivity index (χ0) is 9.80. The topological polar surface area (TPSA) is 12.0 Å². The molecule has 1 saturated heterocycles. The van der Waals surface area contributed by atoms with Gasteiger partial charge in [0.05, 0.1) is 0 Å². The first-order chi connectivity index (χ1) is 6.84. The van der Waals surface area contributed by atoms with Gasteiger partial charge in [0.2, 0.25) is 0 Å². The number of piperidine rings is 1. The maximum atomic E-state index is 12.6. The average Bonchev–Trinajstić information content (AvgIpc) is 2.23. The minimum atomic E-state index is -0.148. The zero-order valence-corrected chi connectivity index (χ0v) is 9.52. The van der Waals surface area contributed by atoms with Crippen LogP contribution in [0.4, 0.5) is 4.39 Å². The zero-order valence-electron chi connectivity index (χ0n) is 8.71. The summed E-state index contributed by atoms with van der Waals surface area (Å²) in [7, 11) is 0. The van der Waals surface area contributed by atoms with Crippen LogP contribution in [0.25, 0.3) is 0 Å². The molecule has 84 valence electrons. The molecule has 2 rings (SSSR count). The lowest BCUT2D eigenvalue weighted by atomic mass is 9.98. The SMILES string of the molecule is Cl.Fc1ccc(CC2CCCCN2)cc1. The lowest BCUT2D eigenvalue weighted by Gasteiger charge is -2.23. The Bertz CT molecular complexity index is 280. The maximum Gasteiger partial charge on any atom is 0.123 e. The van der Waals surface area contributed by atoms with Crippen LogP contribution in [-0.2, 0) is 6.42 Å². The summed E-state index contributed by atoms with van der Waals surface area (Å²) in [6, 6.07) is 7.43. The van der Waals surface area contributed by atoms with Crippen molar-refractivity contribution in [2.24, 2.45) is 0 Å². The van der Waals surface area contributed by atoms with E-state index in [2.05, 4.69) is 5.32 Å². The minimum Gasteiger partial charge on any atom is -0.314 e. The number of hydrogen-bond donors (Lipinski definition) is 1. The molecule has 0 saturated carbocycles. The van der Waals surface area contributed by atoms with Crippen LogP contribution in [0, 0.1) is 5.82 Å². The highest BCUT2D eigenvalue weighted by Gasteiger charge is 2.12. The van der Waals surface area contributed by atoms with Crippen LogP contribution in [0.2, 0.25) is 0 Å². The van der Waals surface area contributed by atoms with E-state index in [9.17, 15) is 4.39 Å². The Labute approximate surface area is 96.5 Å². The molecule has 0 amide bonds. The van der Waals surface area contributed by atoms with Crippen LogP contribution in [0.3, 0.4) is 0 Å². The van der Waals surface area contributed by atoms with Crippen molar-refractivity contribution in [3.8, 4) is 0 Å². The highest BCUT2D eigenvalue weighted by molar-refractivity contribution is 5.85. The van der Waals surface area contributed by atoms with E-state index in [4.69, 9.17) is 0 Å². The third-order valence-electron chi connectivity index (χ3n) is 2.81. The van der Waals surface area contributed by atoms with Gasteiger partial charge in [0.15, 0.2) is 0 Å². The fourth-order valence-corrected chi connectivity index (χ4v) is 2.00. The molecule has 1 N–H and O–H groups in total. The molecule has 1 fully saturated rings. The molecular formula is C12H17ClFN. The molecule has 1 unspecified atom stereocenters. The lowest BCUT2D eigenvalue weighted by molar-refractivity contribution is 0.399. The molecule has 0 aliphatic carbocycles. The quantitative estimate of drug-likeness (QED) is 0.822. The first-order valence-corrected chi connectivity index (χ1v) is 5.32. The van der Waals surface area contributed by atoms with Gasteiger partial charge in [0.1, 0.15) is 5.82 Å². The summed E-state index contributed by atoms with van der Waals surface area (Å²) in [5.41, 5.74) is 1.23. The molecule has 0 spiro atoms. The van der Waals surface area contributed by atoms with E-state index in [0.29, 0.717) is 6.04 Å². The van der Waals surface area contributed by atoms with E-state index in [1.807, 2.05) is 12.1 Å². The molecule has 1 aliphatic rings. The second kappa shape index (κ2) is 6.09. The molecule has 1 aromatic rings. The fraction of sp³-hybridized carbons (Fsp3) is 0.500. The monoisotopic (exact) mass is 229 g/mol. The second-order valence-corrected chi connectivity index (χ2v) is 3.98. The van der Waals surface area contributed by atoms with Gasteiger partial charge in [-0.05, 0) is 43.5 Å². The van der Waals surface area contributed by atoms with Gasteiger partial charge in [-0.1, -0.05) is 18.6 Å². The summed E-state index contributed by atoms with van der Waals surface area (Å²) in [5, 5.41) is 3.49. The number of benzene rings is 1. The standard InChI is InChI=1S/C12H16FN.ClH/c13-11-6-4-10(5-7-11)9-12-3-1-2-8-14-12;/h4-7,12,14H,1-3,8-9H2;1H. The molecule has 3 heteroatoms. The Morgan fingerprint density at radius 2 is 1.93 bits per heavy atom. The maximum absolute atomic E-state index is 12.6. The van der Waals surface area contributed by atoms with Crippen molar-refractivity contribution in [3.05, 3.63) is 35.6 Å². The molecule has 1 nitrogen and oxygen atoms in total. The Kier molecular flexibility index (Phi) is 5.06. The molecule has 1 heterocycles. The van der Waals surface area contributed by atoms with Crippen molar-refractivity contribution < 1.29 is 4.39 Å². The Morgan fingerprint density at radius 1 is 1.20 bits per heavy atom. The number of hydrogen-bond acceptors (Lipinski definition) is 1. The van der Waals surface area contributed by atoms with E-state index in [1.165, 1.54) is 37.0 Å². The number of halogens is 2. The summed E-state index contributed by atoms with van der Waals surface area (Å²) < 4.78 is 12.6. The van der Waals surface area contributed by atoms with Gasteiger partial charge < -0.3 is 5.32 Å². The van der Waals surface area contributed by atoms with Gasteiger partial charge in [-0.15, -0.1) is 12.4 Å². The third kappa shape index (κ3) is 3.80. The predicted octanol–water partition coefficient (Wildman–Crippen LogP) is 2.93. The van der Waals surface area contributed by atoms with E-state index < -0.39 is 0 Å². The van der Waals surface area contributed by atoms with E-state index in [0.717, 1.165) is 13.0 Å². The Balaban J connectivity index is 0.00000112. The van der Waals surface area contributed by atoms with E-state index in [1.54, 1.807) is 0 Å². The predicted molar refractivity (Wildman–Crippen MR) is 63.0 cm³/mol. The van der Waals surface area contributed by atoms with Crippen LogP contribution in [0.1, 0.15) is 24.8 Å². The van der Waals surface area contributed by atoms with Crippen LogP contribution >= 0.6 is 12.4 Å². The highest BCUT2D eigenvalue weighted by Crippen LogP contribution is 2.13. The van der Waals surface area contributed by atoms with Gasteiger partial charge in [0, 0.05) is 6.04 Å². The van der Waals surface area contributed by atoms with Gasteiger partial charge >= 0.3 is 0 Å². The summed E-state index contributed by atoms with van der Waals surface area (Å²) in [4.78, 5) is 0.